The van der Waals surface area contributed by atoms with Crippen LogP contribution in [0.5, 0.6) is 5.75 Å². The maximum Gasteiger partial charge on any atom is 0.261 e. The van der Waals surface area contributed by atoms with Gasteiger partial charge < -0.3 is 14.6 Å². The molecule has 4 rings (SSSR count). The first-order valence-electron chi connectivity index (χ1n) is 10.8. The number of hydrogen-bond acceptors (Lipinski definition) is 5. The lowest BCUT2D eigenvalue weighted by molar-refractivity contribution is 0.0952. The summed E-state index contributed by atoms with van der Waals surface area (Å²) in [7, 11) is -2.24. The number of nitrogens with zero attached hydrogens (tertiary/aromatic N) is 2. The first-order valence-corrected chi connectivity index (χ1v) is 12.3. The van der Waals surface area contributed by atoms with Crippen molar-refractivity contribution in [1.82, 2.24) is 14.9 Å². The highest BCUT2D eigenvalue weighted by atomic mass is 32.2. The minimum absolute atomic E-state index is 0.134. The molecule has 8 nitrogen and oxygen atoms in total. The van der Waals surface area contributed by atoms with Crippen LogP contribution < -0.4 is 14.8 Å². The number of carbonyl (C=O) groups is 1. The van der Waals surface area contributed by atoms with Crippen molar-refractivity contribution in [3.05, 3.63) is 83.7 Å². The number of methoxy groups -OCH3 is 1. The number of aryl methyl sites for hydroxylation is 2. The molecule has 0 unspecified atom stereocenters. The molecule has 1 amide bonds. The maximum absolute atomic E-state index is 13.3. The molecule has 1 aromatic heterocycles. The van der Waals surface area contributed by atoms with Gasteiger partial charge >= 0.3 is 0 Å². The highest BCUT2D eigenvalue weighted by Gasteiger charge is 2.21. The van der Waals surface area contributed by atoms with Crippen molar-refractivity contribution < 1.29 is 17.9 Å². The van der Waals surface area contributed by atoms with E-state index < -0.39 is 10.0 Å². The van der Waals surface area contributed by atoms with Crippen LogP contribution in [-0.2, 0) is 23.1 Å². The summed E-state index contributed by atoms with van der Waals surface area (Å²) >= 11 is 0. The number of amides is 1. The van der Waals surface area contributed by atoms with Gasteiger partial charge in [-0.1, -0.05) is 30.3 Å². The van der Waals surface area contributed by atoms with E-state index in [0.29, 0.717) is 28.9 Å². The number of benzene rings is 3. The van der Waals surface area contributed by atoms with Gasteiger partial charge in [0, 0.05) is 13.1 Å². The first-order chi connectivity index (χ1) is 16.3. The molecule has 0 aliphatic carbocycles. The molecule has 1 heterocycles. The third-order valence-corrected chi connectivity index (χ3v) is 6.88. The maximum atomic E-state index is 13.3. The minimum Gasteiger partial charge on any atom is -0.497 e. The number of sulfonamides is 1. The Morgan fingerprint density at radius 3 is 2.53 bits per heavy atom. The third-order valence-electron chi connectivity index (χ3n) is 5.49. The smallest absolute Gasteiger partial charge is 0.261 e. The summed E-state index contributed by atoms with van der Waals surface area (Å²) in [6, 6.07) is 18.7. The topological polar surface area (TPSA) is 102 Å². The zero-order valence-corrected chi connectivity index (χ0v) is 20.0. The molecule has 2 N–H and O–H groups in total. The molecule has 0 aliphatic heterocycles. The van der Waals surface area contributed by atoms with E-state index in [1.807, 2.05) is 42.7 Å². The van der Waals surface area contributed by atoms with E-state index in [-0.39, 0.29) is 23.0 Å². The Morgan fingerprint density at radius 1 is 1.06 bits per heavy atom. The van der Waals surface area contributed by atoms with Gasteiger partial charge in [-0.2, -0.15) is 0 Å². The number of ether oxygens (including phenoxy) is 1. The van der Waals surface area contributed by atoms with Crippen LogP contribution >= 0.6 is 0 Å². The van der Waals surface area contributed by atoms with Crippen molar-refractivity contribution in [1.29, 1.82) is 0 Å². The highest BCUT2D eigenvalue weighted by molar-refractivity contribution is 7.92. The second-order valence-electron chi connectivity index (χ2n) is 7.75. The Balaban J connectivity index is 1.71. The number of carbonyl (C=O) groups excluding carboxylic acids is 1. The summed E-state index contributed by atoms with van der Waals surface area (Å²) in [5, 5.41) is 2.93. The predicted molar refractivity (Wildman–Crippen MR) is 132 cm³/mol. The van der Waals surface area contributed by atoms with Gasteiger partial charge in [-0.3, -0.25) is 9.52 Å². The number of fused-ring (bicyclic) bond motifs is 1. The Kier molecular flexibility index (Phi) is 6.56. The van der Waals surface area contributed by atoms with Gasteiger partial charge in [0.2, 0.25) is 0 Å². The zero-order valence-electron chi connectivity index (χ0n) is 19.2. The fraction of sp³-hybridized carbons (Fsp3) is 0.200. The molecular weight excluding hydrogens is 452 g/mol. The number of imidazole rings is 1. The molecule has 0 bridgehead atoms. The van der Waals surface area contributed by atoms with Crippen LogP contribution in [0, 0.1) is 6.92 Å². The van der Waals surface area contributed by atoms with E-state index in [0.717, 1.165) is 11.4 Å². The van der Waals surface area contributed by atoms with Gasteiger partial charge in [0.1, 0.15) is 11.6 Å². The van der Waals surface area contributed by atoms with Crippen LogP contribution in [0.1, 0.15) is 28.7 Å². The zero-order chi connectivity index (χ0) is 24.3. The van der Waals surface area contributed by atoms with E-state index >= 15 is 0 Å². The van der Waals surface area contributed by atoms with Crippen molar-refractivity contribution >= 4 is 32.7 Å². The van der Waals surface area contributed by atoms with E-state index in [1.165, 1.54) is 12.1 Å². The second-order valence-corrected chi connectivity index (χ2v) is 9.43. The quantitative estimate of drug-likeness (QED) is 0.397. The van der Waals surface area contributed by atoms with Crippen LogP contribution in [0.25, 0.3) is 11.0 Å². The monoisotopic (exact) mass is 478 g/mol. The third kappa shape index (κ3) is 4.74. The minimum atomic E-state index is -3.83. The molecule has 4 aromatic rings. The van der Waals surface area contributed by atoms with Crippen molar-refractivity contribution in [3.63, 3.8) is 0 Å². The van der Waals surface area contributed by atoms with Crippen molar-refractivity contribution in [3.8, 4) is 5.75 Å². The summed E-state index contributed by atoms with van der Waals surface area (Å²) in [6.07, 6.45) is 0. The number of rotatable bonds is 8. The lowest BCUT2D eigenvalue weighted by Crippen LogP contribution is -2.24. The van der Waals surface area contributed by atoms with Gasteiger partial charge in [-0.15, -0.1) is 0 Å². The largest absolute Gasteiger partial charge is 0.497 e. The number of nitrogens with one attached hydrogen (secondary N) is 2. The lowest BCUT2D eigenvalue weighted by atomic mass is 10.1. The normalized spacial score (nSPS) is 11.4. The number of hydrogen-bond donors (Lipinski definition) is 2. The average Bonchev–Trinajstić information content (AvgIpc) is 3.17. The molecule has 176 valence electrons. The molecule has 3 aromatic carbocycles. The predicted octanol–water partition coefficient (Wildman–Crippen LogP) is 4.10. The number of aromatic nitrogens is 2. The fourth-order valence-electron chi connectivity index (χ4n) is 3.88. The first kappa shape index (κ1) is 23.3. The number of anilines is 1. The molecule has 0 fully saturated rings. The molecular formula is C25H26N4O4S. The molecule has 9 heteroatoms. The van der Waals surface area contributed by atoms with Crippen molar-refractivity contribution in [2.45, 2.75) is 31.8 Å². The van der Waals surface area contributed by atoms with E-state index in [4.69, 9.17) is 4.74 Å². The molecule has 0 aliphatic rings. The van der Waals surface area contributed by atoms with Crippen LogP contribution in [0.2, 0.25) is 0 Å². The van der Waals surface area contributed by atoms with Crippen molar-refractivity contribution in [2.75, 3.05) is 11.8 Å². The van der Waals surface area contributed by atoms with Crippen molar-refractivity contribution in [2.24, 2.45) is 0 Å². The Morgan fingerprint density at radius 2 is 1.82 bits per heavy atom. The molecule has 0 saturated carbocycles. The SMILES string of the molecule is CCn1c(C)nc2cc(NS(=O)(=O)c3ccccc3)cc(C(=O)NCc3cccc(OC)c3)c21. The molecule has 0 saturated heterocycles. The van der Waals surface area contributed by atoms with Crippen LogP contribution in [0.4, 0.5) is 5.69 Å². The van der Waals surface area contributed by atoms with Gasteiger partial charge in [-0.05, 0) is 55.8 Å². The fourth-order valence-corrected chi connectivity index (χ4v) is 4.94. The standard InChI is InChI=1S/C25H26N4O4S/c1-4-29-17(2)27-23-15-19(28-34(31,32)21-11-6-5-7-12-21)14-22(24(23)29)25(30)26-16-18-9-8-10-20(13-18)33-3/h5-15,28H,4,16H2,1-3H3,(H,26,30). The summed E-state index contributed by atoms with van der Waals surface area (Å²) in [6.45, 7) is 4.73. The van der Waals surface area contributed by atoms with Gasteiger partial charge in [0.05, 0.1) is 34.3 Å². The summed E-state index contributed by atoms with van der Waals surface area (Å²) in [5.74, 6) is 1.11. The summed E-state index contributed by atoms with van der Waals surface area (Å²) in [4.78, 5) is 18.0. The molecule has 0 spiro atoms. The Labute approximate surface area is 198 Å². The molecule has 0 radical (unpaired) electrons. The average molecular weight is 479 g/mol. The van der Waals surface area contributed by atoms with E-state index in [2.05, 4.69) is 15.0 Å². The lowest BCUT2D eigenvalue weighted by Gasteiger charge is -2.13. The second kappa shape index (κ2) is 9.56. The molecule has 0 atom stereocenters. The van der Waals surface area contributed by atoms with Gasteiger partial charge in [-0.25, -0.2) is 13.4 Å². The van der Waals surface area contributed by atoms with E-state index in [1.54, 1.807) is 37.4 Å². The van der Waals surface area contributed by atoms with Gasteiger partial charge in [0.25, 0.3) is 15.9 Å². The van der Waals surface area contributed by atoms with E-state index in [9.17, 15) is 13.2 Å². The Bertz CT molecular complexity index is 1450. The van der Waals surface area contributed by atoms with Crippen LogP contribution in [0.15, 0.2) is 71.6 Å². The Hall–Kier alpha value is -3.85. The summed E-state index contributed by atoms with van der Waals surface area (Å²) in [5.41, 5.74) is 2.69. The van der Waals surface area contributed by atoms with Crippen LogP contribution in [-0.4, -0.2) is 31.0 Å². The summed E-state index contributed by atoms with van der Waals surface area (Å²) < 4.78 is 35.5. The molecule has 34 heavy (non-hydrogen) atoms. The van der Waals surface area contributed by atoms with Gasteiger partial charge in [0.15, 0.2) is 0 Å². The highest BCUT2D eigenvalue weighted by Crippen LogP contribution is 2.27. The van der Waals surface area contributed by atoms with Crippen LogP contribution in [0.3, 0.4) is 0 Å².